The van der Waals surface area contributed by atoms with Gasteiger partial charge in [0.05, 0.1) is 0 Å². The molecular weight excluding hydrogens is 216 g/mol. The second-order valence-corrected chi connectivity index (χ2v) is 4.11. The third-order valence-electron chi connectivity index (χ3n) is 2.64. The van der Waals surface area contributed by atoms with E-state index in [0.717, 1.165) is 16.5 Å². The second-order valence-electron chi connectivity index (χ2n) is 4.11. The van der Waals surface area contributed by atoms with E-state index in [4.69, 9.17) is 0 Å². The van der Waals surface area contributed by atoms with Crippen molar-refractivity contribution in [2.45, 2.75) is 20.4 Å². The maximum atomic E-state index is 11.4. The smallest absolute Gasteiger partial charge is 0.251 e. The minimum atomic E-state index is -0.0629. The number of H-pyrrole nitrogens is 1. The minimum absolute atomic E-state index is 0.0530. The fraction of sp³-hybridized carbons (Fsp3) is 0.231. The van der Waals surface area contributed by atoms with Gasteiger partial charge in [-0.05, 0) is 36.1 Å². The van der Waals surface area contributed by atoms with Crippen molar-refractivity contribution in [1.29, 1.82) is 0 Å². The summed E-state index contributed by atoms with van der Waals surface area (Å²) in [4.78, 5) is 25.0. The molecule has 0 spiro atoms. The molecule has 0 aliphatic carbocycles. The van der Waals surface area contributed by atoms with Crippen molar-refractivity contribution >= 4 is 16.8 Å². The lowest BCUT2D eigenvalue weighted by Crippen LogP contribution is -2.18. The monoisotopic (exact) mass is 230 g/mol. The Hall–Kier alpha value is -2.10. The molecule has 4 nitrogen and oxygen atoms in total. The fourth-order valence-electron chi connectivity index (χ4n) is 1.70. The van der Waals surface area contributed by atoms with Gasteiger partial charge in [0, 0.05) is 24.5 Å². The Kier molecular flexibility index (Phi) is 2.95. The van der Waals surface area contributed by atoms with Gasteiger partial charge in [0.1, 0.15) is 0 Å². The maximum Gasteiger partial charge on any atom is 0.251 e. The summed E-state index contributed by atoms with van der Waals surface area (Å²) >= 11 is 0. The Morgan fingerprint density at radius 3 is 2.82 bits per heavy atom. The van der Waals surface area contributed by atoms with E-state index in [2.05, 4.69) is 10.3 Å². The maximum absolute atomic E-state index is 11.4. The van der Waals surface area contributed by atoms with Crippen molar-refractivity contribution in [2.24, 2.45) is 0 Å². The number of aromatic nitrogens is 1. The summed E-state index contributed by atoms with van der Waals surface area (Å²) in [6.07, 6.45) is 0. The Bertz CT molecular complexity index is 629. The van der Waals surface area contributed by atoms with E-state index in [0.29, 0.717) is 12.1 Å². The van der Waals surface area contributed by atoms with Gasteiger partial charge in [-0.15, -0.1) is 0 Å². The zero-order chi connectivity index (χ0) is 12.4. The summed E-state index contributed by atoms with van der Waals surface area (Å²) < 4.78 is 0. The number of carbonyl (C=O) groups is 1. The van der Waals surface area contributed by atoms with Crippen molar-refractivity contribution in [3.63, 3.8) is 0 Å². The molecule has 2 rings (SSSR count). The number of hydrogen-bond donors (Lipinski definition) is 2. The first-order valence-electron chi connectivity index (χ1n) is 5.43. The number of carbonyl (C=O) groups excluding carboxylic acids is 1. The van der Waals surface area contributed by atoms with Crippen molar-refractivity contribution in [2.75, 3.05) is 0 Å². The molecule has 0 fully saturated rings. The van der Waals surface area contributed by atoms with Gasteiger partial charge in [0.25, 0.3) is 5.56 Å². The number of fused-ring (bicyclic) bond motifs is 1. The molecule has 2 N–H and O–H groups in total. The van der Waals surface area contributed by atoms with E-state index in [1.54, 1.807) is 6.92 Å². The second kappa shape index (κ2) is 4.41. The molecule has 0 unspecified atom stereocenters. The van der Waals surface area contributed by atoms with Crippen LogP contribution in [0.15, 0.2) is 29.1 Å². The first-order valence-corrected chi connectivity index (χ1v) is 5.43. The Morgan fingerprint density at radius 2 is 2.12 bits per heavy atom. The molecule has 0 radical (unpaired) electrons. The third-order valence-corrected chi connectivity index (χ3v) is 2.64. The summed E-state index contributed by atoms with van der Waals surface area (Å²) in [5.74, 6) is -0.0530. The fourth-order valence-corrected chi connectivity index (χ4v) is 1.70. The predicted octanol–water partition coefficient (Wildman–Crippen LogP) is 1.47. The lowest BCUT2D eigenvalue weighted by Gasteiger charge is -2.05. The van der Waals surface area contributed by atoms with Gasteiger partial charge in [-0.2, -0.15) is 0 Å². The van der Waals surface area contributed by atoms with Crippen LogP contribution in [0.25, 0.3) is 10.9 Å². The molecule has 0 saturated heterocycles. The van der Waals surface area contributed by atoms with Gasteiger partial charge < -0.3 is 10.3 Å². The van der Waals surface area contributed by atoms with E-state index >= 15 is 0 Å². The van der Waals surface area contributed by atoms with Gasteiger partial charge in [-0.3, -0.25) is 9.59 Å². The number of aromatic amines is 1. The molecule has 88 valence electrons. The summed E-state index contributed by atoms with van der Waals surface area (Å²) in [6.45, 7) is 3.77. The predicted molar refractivity (Wildman–Crippen MR) is 66.8 cm³/mol. The highest BCUT2D eigenvalue weighted by molar-refractivity contribution is 5.80. The SMILES string of the molecule is CC(=O)NCc1ccc2[nH]c(=O)c(C)cc2c1. The number of amides is 1. The van der Waals surface area contributed by atoms with Gasteiger partial charge in [-0.25, -0.2) is 0 Å². The summed E-state index contributed by atoms with van der Waals surface area (Å²) in [5.41, 5.74) is 2.45. The van der Waals surface area contributed by atoms with Crippen molar-refractivity contribution in [3.8, 4) is 0 Å². The summed E-state index contributed by atoms with van der Waals surface area (Å²) in [5, 5.41) is 3.72. The molecule has 1 heterocycles. The minimum Gasteiger partial charge on any atom is -0.352 e. The number of pyridine rings is 1. The summed E-state index contributed by atoms with van der Waals surface area (Å²) in [6, 6.07) is 7.57. The Balaban J connectivity index is 2.40. The van der Waals surface area contributed by atoms with Crippen LogP contribution in [0.1, 0.15) is 18.1 Å². The molecule has 0 aliphatic rings. The number of rotatable bonds is 2. The molecule has 4 heteroatoms. The van der Waals surface area contributed by atoms with E-state index in [-0.39, 0.29) is 11.5 Å². The molecule has 0 aliphatic heterocycles. The average molecular weight is 230 g/mol. The average Bonchev–Trinajstić information content (AvgIpc) is 2.28. The van der Waals surface area contributed by atoms with Crippen LogP contribution in [0, 0.1) is 6.92 Å². The van der Waals surface area contributed by atoms with Crippen LogP contribution in [0.4, 0.5) is 0 Å². The molecule has 2 aromatic rings. The van der Waals surface area contributed by atoms with E-state index in [1.165, 1.54) is 6.92 Å². The highest BCUT2D eigenvalue weighted by Gasteiger charge is 2.00. The largest absolute Gasteiger partial charge is 0.352 e. The molecule has 1 aromatic carbocycles. The number of hydrogen-bond acceptors (Lipinski definition) is 2. The Labute approximate surface area is 98.7 Å². The quantitative estimate of drug-likeness (QED) is 0.820. The van der Waals surface area contributed by atoms with E-state index < -0.39 is 0 Å². The van der Waals surface area contributed by atoms with Crippen LogP contribution < -0.4 is 10.9 Å². The summed E-state index contributed by atoms with van der Waals surface area (Å²) in [7, 11) is 0. The van der Waals surface area contributed by atoms with Crippen LogP contribution in [-0.4, -0.2) is 10.9 Å². The van der Waals surface area contributed by atoms with E-state index in [9.17, 15) is 9.59 Å². The van der Waals surface area contributed by atoms with Crippen molar-refractivity contribution in [3.05, 3.63) is 45.7 Å². The molecule has 0 bridgehead atoms. The zero-order valence-electron chi connectivity index (χ0n) is 9.83. The van der Waals surface area contributed by atoms with Crippen LogP contribution in [0.3, 0.4) is 0 Å². The normalized spacial score (nSPS) is 10.5. The van der Waals surface area contributed by atoms with Crippen LogP contribution in [-0.2, 0) is 11.3 Å². The third kappa shape index (κ3) is 2.53. The molecule has 0 saturated carbocycles. The molecule has 0 atom stereocenters. The topological polar surface area (TPSA) is 62.0 Å². The molecule has 17 heavy (non-hydrogen) atoms. The number of aryl methyl sites for hydroxylation is 1. The van der Waals surface area contributed by atoms with Gasteiger partial charge >= 0.3 is 0 Å². The molecule has 1 aromatic heterocycles. The zero-order valence-corrected chi connectivity index (χ0v) is 9.83. The Morgan fingerprint density at radius 1 is 1.35 bits per heavy atom. The molecular formula is C13H14N2O2. The highest BCUT2D eigenvalue weighted by atomic mass is 16.1. The van der Waals surface area contributed by atoms with Crippen LogP contribution in [0.2, 0.25) is 0 Å². The number of benzene rings is 1. The number of nitrogens with one attached hydrogen (secondary N) is 2. The van der Waals surface area contributed by atoms with Crippen LogP contribution in [0.5, 0.6) is 0 Å². The lowest BCUT2D eigenvalue weighted by atomic mass is 10.1. The lowest BCUT2D eigenvalue weighted by molar-refractivity contribution is -0.119. The van der Waals surface area contributed by atoms with Crippen molar-refractivity contribution in [1.82, 2.24) is 10.3 Å². The van der Waals surface area contributed by atoms with E-state index in [1.807, 2.05) is 24.3 Å². The van der Waals surface area contributed by atoms with Gasteiger partial charge in [0.15, 0.2) is 0 Å². The molecule has 1 amide bonds. The van der Waals surface area contributed by atoms with Gasteiger partial charge in [-0.1, -0.05) is 6.07 Å². The van der Waals surface area contributed by atoms with Crippen LogP contribution >= 0.6 is 0 Å². The standard InChI is InChI=1S/C13H14N2O2/c1-8-5-11-6-10(7-14-9(2)16)3-4-12(11)15-13(8)17/h3-6H,7H2,1-2H3,(H,14,16)(H,15,17). The first kappa shape index (κ1) is 11.4. The van der Waals surface area contributed by atoms with Crippen molar-refractivity contribution < 1.29 is 4.79 Å². The van der Waals surface area contributed by atoms with Gasteiger partial charge in [0.2, 0.25) is 5.91 Å². The first-order chi connectivity index (χ1) is 8.06. The highest BCUT2D eigenvalue weighted by Crippen LogP contribution is 2.13.